The molecule has 0 amide bonds. The Morgan fingerprint density at radius 2 is 1.93 bits per heavy atom. The zero-order valence-corrected chi connectivity index (χ0v) is 9.41. The van der Waals surface area contributed by atoms with E-state index in [9.17, 15) is 0 Å². The van der Waals surface area contributed by atoms with Gasteiger partial charge in [0.25, 0.3) is 0 Å². The number of imidazole rings is 1. The van der Waals surface area contributed by atoms with Crippen molar-refractivity contribution in [1.82, 2.24) is 9.38 Å². The van der Waals surface area contributed by atoms with Crippen LogP contribution in [0.1, 0.15) is 32.0 Å². The molecule has 0 aliphatic rings. The maximum absolute atomic E-state index is 4.44. The first-order valence-electron chi connectivity index (χ1n) is 5.24. The number of hydrogen-bond acceptors (Lipinski definition) is 1. The van der Waals surface area contributed by atoms with Crippen molar-refractivity contribution in [3.8, 4) is 0 Å². The summed E-state index contributed by atoms with van der Waals surface area (Å²) in [5.74, 6) is 0. The van der Waals surface area contributed by atoms with Gasteiger partial charge in [0.1, 0.15) is 5.65 Å². The first-order valence-corrected chi connectivity index (χ1v) is 5.24. The summed E-state index contributed by atoms with van der Waals surface area (Å²) in [6.07, 6.45) is 5.19. The van der Waals surface area contributed by atoms with Gasteiger partial charge in [0.2, 0.25) is 0 Å². The van der Waals surface area contributed by atoms with Gasteiger partial charge in [-0.15, -0.1) is 0 Å². The molecule has 0 N–H and O–H groups in total. The Morgan fingerprint density at radius 1 is 1.21 bits per heavy atom. The third-order valence-electron chi connectivity index (χ3n) is 2.01. The molecule has 0 fully saturated rings. The fourth-order valence-electron chi connectivity index (χ4n) is 1.33. The molecule has 14 heavy (non-hydrogen) atoms. The van der Waals surface area contributed by atoms with E-state index in [1.165, 1.54) is 5.56 Å². The van der Waals surface area contributed by atoms with Gasteiger partial charge in [-0.1, -0.05) is 26.8 Å². The molecule has 0 radical (unpaired) electrons. The number of rotatable bonds is 1. The van der Waals surface area contributed by atoms with Crippen LogP contribution in [0.25, 0.3) is 5.65 Å². The highest BCUT2D eigenvalue weighted by atomic mass is 15.0. The Bertz CT molecular complexity index is 402. The summed E-state index contributed by atoms with van der Waals surface area (Å²) in [4.78, 5) is 4.44. The molecular formula is C12H18N2. The highest BCUT2D eigenvalue weighted by Crippen LogP contribution is 2.07. The summed E-state index contributed by atoms with van der Waals surface area (Å²) in [5.41, 5.74) is 3.46. The molecule has 2 nitrogen and oxygen atoms in total. The Morgan fingerprint density at radius 3 is 2.57 bits per heavy atom. The molecule has 0 aliphatic heterocycles. The normalized spacial score (nSPS) is 9.71. The monoisotopic (exact) mass is 190 g/mol. The molecule has 2 aromatic heterocycles. The minimum absolute atomic E-state index is 1.00. The van der Waals surface area contributed by atoms with Crippen molar-refractivity contribution in [2.24, 2.45) is 0 Å². The lowest BCUT2D eigenvalue weighted by Crippen LogP contribution is -1.82. The van der Waals surface area contributed by atoms with E-state index in [2.05, 4.69) is 47.8 Å². The zero-order chi connectivity index (χ0) is 10.6. The number of hydrogen-bond donors (Lipinski definition) is 0. The van der Waals surface area contributed by atoms with Gasteiger partial charge in [0.15, 0.2) is 0 Å². The van der Waals surface area contributed by atoms with Crippen molar-refractivity contribution in [3.05, 3.63) is 35.8 Å². The second-order valence-corrected chi connectivity index (χ2v) is 3.06. The van der Waals surface area contributed by atoms with Crippen LogP contribution in [0.5, 0.6) is 0 Å². The summed E-state index contributed by atoms with van der Waals surface area (Å²) < 4.78 is 2.08. The molecule has 0 saturated heterocycles. The minimum atomic E-state index is 1.00. The van der Waals surface area contributed by atoms with E-state index in [0.29, 0.717) is 0 Å². The second kappa shape index (κ2) is 4.80. The highest BCUT2D eigenvalue weighted by molar-refractivity contribution is 5.41. The molecule has 76 valence electrons. The van der Waals surface area contributed by atoms with Crippen LogP contribution in [-0.2, 0) is 6.42 Å². The molecule has 0 aliphatic carbocycles. The number of fused-ring (bicyclic) bond motifs is 1. The van der Waals surface area contributed by atoms with Crippen LogP contribution >= 0.6 is 0 Å². The van der Waals surface area contributed by atoms with Crippen molar-refractivity contribution in [2.45, 2.75) is 34.1 Å². The predicted octanol–water partition coefficient (Wildman–Crippen LogP) is 3.23. The van der Waals surface area contributed by atoms with Crippen molar-refractivity contribution < 1.29 is 0 Å². The van der Waals surface area contributed by atoms with Gasteiger partial charge in [-0.25, -0.2) is 4.98 Å². The van der Waals surface area contributed by atoms with E-state index in [0.717, 1.165) is 17.8 Å². The number of pyridine rings is 1. The van der Waals surface area contributed by atoms with Crippen LogP contribution in [0.2, 0.25) is 0 Å². The van der Waals surface area contributed by atoms with Gasteiger partial charge >= 0.3 is 0 Å². The molecule has 2 aromatic rings. The molecular weight excluding hydrogens is 172 g/mol. The third kappa shape index (κ3) is 2.13. The lowest BCUT2D eigenvalue weighted by Gasteiger charge is -1.92. The lowest BCUT2D eigenvalue weighted by molar-refractivity contribution is 1.07. The summed E-state index contributed by atoms with van der Waals surface area (Å²) in [5, 5.41) is 0. The summed E-state index contributed by atoms with van der Waals surface area (Å²) in [6.45, 7) is 8.21. The van der Waals surface area contributed by atoms with Crippen LogP contribution in [0.4, 0.5) is 0 Å². The van der Waals surface area contributed by atoms with Gasteiger partial charge < -0.3 is 4.40 Å². The van der Waals surface area contributed by atoms with Crippen molar-refractivity contribution >= 4 is 5.65 Å². The molecule has 0 bridgehead atoms. The van der Waals surface area contributed by atoms with Crippen molar-refractivity contribution in [2.75, 3.05) is 0 Å². The molecule has 2 rings (SSSR count). The Hall–Kier alpha value is -1.31. The Labute approximate surface area is 85.6 Å². The fourth-order valence-corrected chi connectivity index (χ4v) is 1.33. The lowest BCUT2D eigenvalue weighted by atomic mass is 10.3. The van der Waals surface area contributed by atoms with Crippen LogP contribution < -0.4 is 0 Å². The smallest absolute Gasteiger partial charge is 0.136 e. The van der Waals surface area contributed by atoms with E-state index in [-0.39, 0.29) is 0 Å². The highest BCUT2D eigenvalue weighted by Gasteiger charge is 1.97. The van der Waals surface area contributed by atoms with E-state index < -0.39 is 0 Å². The van der Waals surface area contributed by atoms with E-state index >= 15 is 0 Å². The summed E-state index contributed by atoms with van der Waals surface area (Å²) in [7, 11) is 0. The standard InChI is InChI=1S/C10H12N2.C2H6/c1-3-9-7-12-6-8(2)4-5-10(12)11-9;1-2/h4-7H,3H2,1-2H3;1-2H3. The Balaban J connectivity index is 0.000000461. The molecule has 2 heterocycles. The molecule has 0 saturated carbocycles. The SMILES string of the molecule is CC.CCc1cn2cc(C)ccc2n1. The Kier molecular flexibility index (Phi) is 3.69. The van der Waals surface area contributed by atoms with Gasteiger partial charge in [-0.3, -0.25) is 0 Å². The quantitative estimate of drug-likeness (QED) is 0.675. The largest absolute Gasteiger partial charge is 0.307 e. The fraction of sp³-hybridized carbons (Fsp3) is 0.417. The van der Waals surface area contributed by atoms with Gasteiger partial charge in [-0.05, 0) is 25.0 Å². The number of nitrogens with zero attached hydrogens (tertiary/aromatic N) is 2. The third-order valence-corrected chi connectivity index (χ3v) is 2.01. The predicted molar refractivity (Wildman–Crippen MR) is 60.7 cm³/mol. The van der Waals surface area contributed by atoms with Crippen molar-refractivity contribution in [3.63, 3.8) is 0 Å². The first kappa shape index (κ1) is 10.8. The van der Waals surface area contributed by atoms with Crippen LogP contribution in [0.15, 0.2) is 24.5 Å². The first-order chi connectivity index (χ1) is 6.79. The number of aromatic nitrogens is 2. The zero-order valence-electron chi connectivity index (χ0n) is 9.41. The maximum atomic E-state index is 4.44. The van der Waals surface area contributed by atoms with Crippen molar-refractivity contribution in [1.29, 1.82) is 0 Å². The van der Waals surface area contributed by atoms with Crippen LogP contribution in [-0.4, -0.2) is 9.38 Å². The van der Waals surface area contributed by atoms with E-state index in [4.69, 9.17) is 0 Å². The van der Waals surface area contributed by atoms with E-state index in [1.807, 2.05) is 13.8 Å². The van der Waals surface area contributed by atoms with E-state index in [1.54, 1.807) is 0 Å². The topological polar surface area (TPSA) is 17.3 Å². The van der Waals surface area contributed by atoms with Crippen LogP contribution in [0.3, 0.4) is 0 Å². The average Bonchev–Trinajstić information content (AvgIpc) is 2.62. The molecule has 0 aromatic carbocycles. The maximum Gasteiger partial charge on any atom is 0.136 e. The van der Waals surface area contributed by atoms with Gasteiger partial charge in [-0.2, -0.15) is 0 Å². The second-order valence-electron chi connectivity index (χ2n) is 3.06. The summed E-state index contributed by atoms with van der Waals surface area (Å²) >= 11 is 0. The van der Waals surface area contributed by atoms with Gasteiger partial charge in [0.05, 0.1) is 5.69 Å². The molecule has 0 atom stereocenters. The molecule has 2 heteroatoms. The molecule has 0 spiro atoms. The molecule has 0 unspecified atom stereocenters. The minimum Gasteiger partial charge on any atom is -0.307 e. The average molecular weight is 190 g/mol. The van der Waals surface area contributed by atoms with Crippen LogP contribution in [0, 0.1) is 6.92 Å². The number of aryl methyl sites for hydroxylation is 2. The van der Waals surface area contributed by atoms with Gasteiger partial charge in [0, 0.05) is 12.4 Å². The summed E-state index contributed by atoms with van der Waals surface area (Å²) in [6, 6.07) is 4.14.